The van der Waals surface area contributed by atoms with Gasteiger partial charge in [0.05, 0.1) is 26.0 Å². The highest BCUT2D eigenvalue weighted by molar-refractivity contribution is 5.42. The van der Waals surface area contributed by atoms with Crippen LogP contribution < -0.4 is 9.64 Å². The van der Waals surface area contributed by atoms with Gasteiger partial charge in [0.15, 0.2) is 11.5 Å². The van der Waals surface area contributed by atoms with Crippen molar-refractivity contribution in [3.63, 3.8) is 0 Å². The number of anilines is 1. The number of likely N-dealkylation sites (tertiary alicyclic amines) is 1. The monoisotopic (exact) mass is 382 g/mol. The molecule has 7 heteroatoms. The number of hydrogen-bond donors (Lipinski definition) is 1. The molecule has 0 radical (unpaired) electrons. The average Bonchev–Trinajstić information content (AvgIpc) is 3.27. The number of fused-ring (bicyclic) bond motifs is 3. The van der Waals surface area contributed by atoms with Crippen LogP contribution >= 0.6 is 0 Å². The maximum Gasteiger partial charge on any atom is 0.225 e. The zero-order valence-corrected chi connectivity index (χ0v) is 16.2. The number of phenols is 1. The molecule has 0 saturated carbocycles. The number of methoxy groups -OCH3 is 1. The zero-order chi connectivity index (χ0) is 19.1. The predicted molar refractivity (Wildman–Crippen MR) is 105 cm³/mol. The van der Waals surface area contributed by atoms with Crippen LogP contribution in [-0.2, 0) is 17.7 Å². The van der Waals surface area contributed by atoms with Crippen LogP contribution in [-0.4, -0.2) is 66.5 Å². The minimum Gasteiger partial charge on any atom is -0.504 e. The summed E-state index contributed by atoms with van der Waals surface area (Å²) in [7, 11) is 1.59. The Morgan fingerprint density at radius 2 is 2.11 bits per heavy atom. The first kappa shape index (κ1) is 17.7. The summed E-state index contributed by atoms with van der Waals surface area (Å²) < 4.78 is 10.7. The van der Waals surface area contributed by atoms with Crippen LogP contribution in [0, 0.1) is 5.92 Å². The number of benzene rings is 1. The Hall–Kier alpha value is -2.38. The molecule has 0 unspecified atom stereocenters. The Balaban J connectivity index is 1.31. The van der Waals surface area contributed by atoms with E-state index in [1.807, 2.05) is 18.3 Å². The molecule has 1 aromatic carbocycles. The number of rotatable bonds is 4. The van der Waals surface area contributed by atoms with Gasteiger partial charge >= 0.3 is 0 Å². The Morgan fingerprint density at radius 1 is 1.25 bits per heavy atom. The van der Waals surface area contributed by atoms with E-state index in [9.17, 15) is 5.11 Å². The summed E-state index contributed by atoms with van der Waals surface area (Å²) in [5, 5.41) is 9.81. The molecule has 0 spiro atoms. The molecule has 3 heterocycles. The first-order valence-electron chi connectivity index (χ1n) is 9.98. The van der Waals surface area contributed by atoms with Crippen LogP contribution in [0.25, 0.3) is 0 Å². The third-order valence-electron chi connectivity index (χ3n) is 6.18. The molecule has 2 saturated heterocycles. The van der Waals surface area contributed by atoms with Gasteiger partial charge in [-0.2, -0.15) is 0 Å². The standard InChI is InChI=1S/C21H26N4O3/c1-27-19-8-14(2-3-18(19)26)11-24-12-16-9-15-10-22-21(23-20(15)17(16)13-24)25-4-6-28-7-5-25/h2-3,8,10,16-17,26H,4-7,9,11-13H2,1H3/t16-,17+/m1/s1. The number of phenolic OH excluding ortho intramolecular Hbond substituents is 1. The minimum atomic E-state index is 0.186. The van der Waals surface area contributed by atoms with Gasteiger partial charge in [-0.1, -0.05) is 6.07 Å². The van der Waals surface area contributed by atoms with E-state index in [0.29, 0.717) is 17.6 Å². The van der Waals surface area contributed by atoms with Gasteiger partial charge in [0, 0.05) is 44.8 Å². The van der Waals surface area contributed by atoms with E-state index < -0.39 is 0 Å². The first-order chi connectivity index (χ1) is 13.7. The van der Waals surface area contributed by atoms with Crippen LogP contribution in [0.1, 0.15) is 22.7 Å². The highest BCUT2D eigenvalue weighted by Gasteiger charge is 2.41. The second-order valence-corrected chi connectivity index (χ2v) is 7.95. The molecule has 2 fully saturated rings. The predicted octanol–water partition coefficient (Wildman–Crippen LogP) is 1.80. The van der Waals surface area contributed by atoms with E-state index in [-0.39, 0.29) is 5.75 Å². The Morgan fingerprint density at radius 3 is 2.93 bits per heavy atom. The molecule has 0 amide bonds. The van der Waals surface area contributed by atoms with Gasteiger partial charge in [0.25, 0.3) is 0 Å². The van der Waals surface area contributed by atoms with Crippen molar-refractivity contribution in [2.75, 3.05) is 51.4 Å². The van der Waals surface area contributed by atoms with E-state index >= 15 is 0 Å². The van der Waals surface area contributed by atoms with Crippen molar-refractivity contribution in [1.29, 1.82) is 0 Å². The number of aromatic hydroxyl groups is 1. The molecule has 28 heavy (non-hydrogen) atoms. The number of nitrogens with zero attached hydrogens (tertiary/aromatic N) is 4. The van der Waals surface area contributed by atoms with Crippen LogP contribution in [0.3, 0.4) is 0 Å². The molecule has 5 rings (SSSR count). The van der Waals surface area contributed by atoms with Crippen LogP contribution in [0.4, 0.5) is 5.95 Å². The lowest BCUT2D eigenvalue weighted by atomic mass is 9.99. The molecule has 1 N–H and O–H groups in total. The Kier molecular flexibility index (Phi) is 4.56. The van der Waals surface area contributed by atoms with Crippen molar-refractivity contribution in [3.8, 4) is 11.5 Å². The SMILES string of the molecule is COc1cc(CN2C[C@H]3Cc4cnc(N5CCOCC5)nc4[C@H]3C2)ccc1O. The molecule has 7 nitrogen and oxygen atoms in total. The van der Waals surface area contributed by atoms with Gasteiger partial charge in [-0.25, -0.2) is 9.97 Å². The molecule has 148 valence electrons. The summed E-state index contributed by atoms with van der Waals surface area (Å²) in [5.74, 6) is 2.67. The lowest BCUT2D eigenvalue weighted by Gasteiger charge is -2.27. The minimum absolute atomic E-state index is 0.186. The van der Waals surface area contributed by atoms with Crippen molar-refractivity contribution in [2.45, 2.75) is 18.9 Å². The zero-order valence-electron chi connectivity index (χ0n) is 16.2. The van der Waals surface area contributed by atoms with Gasteiger partial charge in [0.1, 0.15) is 0 Å². The van der Waals surface area contributed by atoms with E-state index in [2.05, 4.69) is 14.8 Å². The van der Waals surface area contributed by atoms with Crippen LogP contribution in [0.2, 0.25) is 0 Å². The molecular formula is C21H26N4O3. The van der Waals surface area contributed by atoms with Gasteiger partial charge in [-0.05, 0) is 35.6 Å². The quantitative estimate of drug-likeness (QED) is 0.865. The fourth-order valence-electron chi connectivity index (χ4n) is 4.77. The molecule has 2 atom stereocenters. The van der Waals surface area contributed by atoms with Crippen molar-refractivity contribution >= 4 is 5.95 Å². The van der Waals surface area contributed by atoms with Gasteiger partial charge < -0.3 is 19.5 Å². The summed E-state index contributed by atoms with van der Waals surface area (Å²) in [4.78, 5) is 14.3. The van der Waals surface area contributed by atoms with E-state index in [1.54, 1.807) is 13.2 Å². The van der Waals surface area contributed by atoms with Crippen molar-refractivity contribution in [3.05, 3.63) is 41.2 Å². The topological polar surface area (TPSA) is 71.0 Å². The fourth-order valence-corrected chi connectivity index (χ4v) is 4.77. The number of aromatic nitrogens is 2. The van der Waals surface area contributed by atoms with Crippen LogP contribution in [0.5, 0.6) is 11.5 Å². The fraction of sp³-hybridized carbons (Fsp3) is 0.524. The van der Waals surface area contributed by atoms with Crippen molar-refractivity contribution < 1.29 is 14.6 Å². The molecule has 1 aliphatic carbocycles. The highest BCUT2D eigenvalue weighted by atomic mass is 16.5. The van der Waals surface area contributed by atoms with Crippen molar-refractivity contribution in [2.24, 2.45) is 5.92 Å². The lowest BCUT2D eigenvalue weighted by Crippen LogP contribution is -2.37. The van der Waals surface area contributed by atoms with Crippen molar-refractivity contribution in [1.82, 2.24) is 14.9 Å². The van der Waals surface area contributed by atoms with Crippen LogP contribution in [0.15, 0.2) is 24.4 Å². The summed E-state index contributed by atoms with van der Waals surface area (Å²) in [5.41, 5.74) is 3.72. The summed E-state index contributed by atoms with van der Waals surface area (Å²) in [6.07, 6.45) is 3.11. The van der Waals surface area contributed by atoms with E-state index in [1.165, 1.54) is 11.3 Å². The summed E-state index contributed by atoms with van der Waals surface area (Å²) in [6, 6.07) is 5.61. The Labute approximate surface area is 164 Å². The van der Waals surface area contributed by atoms with Gasteiger partial charge in [-0.15, -0.1) is 0 Å². The Bertz CT molecular complexity index is 869. The summed E-state index contributed by atoms with van der Waals surface area (Å²) >= 11 is 0. The third-order valence-corrected chi connectivity index (χ3v) is 6.18. The van der Waals surface area contributed by atoms with Gasteiger partial charge in [0.2, 0.25) is 5.95 Å². The number of ether oxygens (including phenoxy) is 2. The number of morpholine rings is 1. The molecule has 2 aliphatic heterocycles. The molecular weight excluding hydrogens is 356 g/mol. The smallest absolute Gasteiger partial charge is 0.225 e. The maximum atomic E-state index is 9.81. The molecule has 0 bridgehead atoms. The normalized spacial score (nSPS) is 24.2. The van der Waals surface area contributed by atoms with E-state index in [0.717, 1.165) is 63.9 Å². The third kappa shape index (κ3) is 3.18. The molecule has 2 aromatic rings. The lowest BCUT2D eigenvalue weighted by molar-refractivity contribution is 0.122. The average molecular weight is 382 g/mol. The highest BCUT2D eigenvalue weighted by Crippen LogP contribution is 2.42. The number of hydrogen-bond acceptors (Lipinski definition) is 7. The second-order valence-electron chi connectivity index (χ2n) is 7.95. The molecule has 1 aromatic heterocycles. The molecule has 3 aliphatic rings. The van der Waals surface area contributed by atoms with Gasteiger partial charge in [-0.3, -0.25) is 4.90 Å². The van der Waals surface area contributed by atoms with E-state index in [4.69, 9.17) is 14.5 Å². The first-order valence-corrected chi connectivity index (χ1v) is 9.98. The second kappa shape index (κ2) is 7.22. The largest absolute Gasteiger partial charge is 0.504 e. The summed E-state index contributed by atoms with van der Waals surface area (Å²) in [6.45, 7) is 6.16. The maximum absolute atomic E-state index is 9.81.